The number of carbonyl (C=O) groups excluding carboxylic acids is 2. The van der Waals surface area contributed by atoms with Crippen molar-refractivity contribution < 1.29 is 36.0 Å². The Hall–Kier alpha value is -5.46. The van der Waals surface area contributed by atoms with Gasteiger partial charge >= 0.3 is 0 Å². The van der Waals surface area contributed by atoms with Crippen molar-refractivity contribution in [3.8, 4) is 22.6 Å². The second kappa shape index (κ2) is 14.2. The monoisotopic (exact) mass is 724 g/mol. The molecule has 0 fully saturated rings. The fraction of sp³-hybridized carbons (Fsp3) is 0.111. The Labute approximate surface area is 289 Å². The zero-order valence-corrected chi connectivity index (χ0v) is 27.0. The fourth-order valence-corrected chi connectivity index (χ4v) is 5.62. The minimum absolute atomic E-state index is 0.0124. The summed E-state index contributed by atoms with van der Waals surface area (Å²) in [5, 5.41) is 5.49. The molecule has 0 aliphatic rings. The molecule has 0 unspecified atom stereocenters. The van der Waals surface area contributed by atoms with E-state index in [1.165, 1.54) is 36.4 Å². The number of rotatable bonds is 9. The van der Waals surface area contributed by atoms with Crippen molar-refractivity contribution in [1.29, 1.82) is 0 Å². The van der Waals surface area contributed by atoms with Crippen molar-refractivity contribution in [2.75, 3.05) is 13.1 Å². The van der Waals surface area contributed by atoms with Crippen LogP contribution < -0.4 is 21.5 Å². The molecule has 14 heteroatoms. The van der Waals surface area contributed by atoms with Gasteiger partial charge in [0.2, 0.25) is 10.9 Å². The van der Waals surface area contributed by atoms with E-state index in [0.717, 1.165) is 36.4 Å². The lowest BCUT2D eigenvalue weighted by Crippen LogP contribution is -2.32. The third-order valence-corrected chi connectivity index (χ3v) is 8.15. The van der Waals surface area contributed by atoms with E-state index in [-0.39, 0.29) is 57.9 Å². The first kappa shape index (κ1) is 34.4. The topological polar surface area (TPSA) is 119 Å². The lowest BCUT2D eigenvalue weighted by molar-refractivity contribution is 0.0937. The summed E-state index contributed by atoms with van der Waals surface area (Å²) in [6.07, 6.45) is 0.473. The second-order valence-electron chi connectivity index (χ2n) is 11.0. The molecule has 6 rings (SSSR count). The first-order chi connectivity index (χ1) is 23.9. The van der Waals surface area contributed by atoms with E-state index >= 15 is 0 Å². The zero-order chi connectivity index (χ0) is 35.7. The van der Waals surface area contributed by atoms with Gasteiger partial charge in [0, 0.05) is 35.3 Å². The number of amides is 2. The molecule has 0 saturated carbocycles. The molecule has 6 aromatic rings. The van der Waals surface area contributed by atoms with E-state index in [4.69, 9.17) is 32.0 Å². The van der Waals surface area contributed by atoms with Crippen LogP contribution in [0.4, 0.5) is 17.6 Å². The Balaban J connectivity index is 1.18. The molecule has 0 spiro atoms. The van der Waals surface area contributed by atoms with Crippen molar-refractivity contribution in [2.45, 2.75) is 12.8 Å². The molecular formula is C36H22Cl2F4N2O6. The number of nitrogens with one attached hydrogen (secondary N) is 2. The zero-order valence-electron chi connectivity index (χ0n) is 25.5. The largest absolute Gasteiger partial charge is 0.455 e. The average molecular weight is 725 g/mol. The molecule has 0 radical (unpaired) electrons. The number of carbonyl (C=O) groups is 2. The van der Waals surface area contributed by atoms with Crippen LogP contribution in [0.3, 0.4) is 0 Å². The Morgan fingerprint density at radius 1 is 0.580 bits per heavy atom. The minimum Gasteiger partial charge on any atom is -0.455 e. The SMILES string of the molecule is O=C(NCCCCNC(=O)c1c(-c2cc(F)ccc2F)oc2cc(Cl)ccc2c1=O)c1c(-c2cc(F)ccc2F)oc2cc(Cl)ccc2c1=O. The Kier molecular flexibility index (Phi) is 9.76. The maximum Gasteiger partial charge on any atom is 0.259 e. The van der Waals surface area contributed by atoms with Gasteiger partial charge in [-0.15, -0.1) is 0 Å². The number of fused-ring (bicyclic) bond motifs is 2. The van der Waals surface area contributed by atoms with Crippen molar-refractivity contribution in [3.05, 3.63) is 138 Å². The van der Waals surface area contributed by atoms with Crippen LogP contribution in [0, 0.1) is 23.3 Å². The molecule has 0 aliphatic heterocycles. The Morgan fingerprint density at radius 3 is 1.38 bits per heavy atom. The molecule has 0 atom stereocenters. The first-order valence-electron chi connectivity index (χ1n) is 14.9. The highest BCUT2D eigenvalue weighted by molar-refractivity contribution is 6.31. The summed E-state index contributed by atoms with van der Waals surface area (Å²) in [7, 11) is 0. The van der Waals surface area contributed by atoms with Gasteiger partial charge in [-0.2, -0.15) is 0 Å². The van der Waals surface area contributed by atoms with Crippen LogP contribution in [-0.4, -0.2) is 24.9 Å². The molecule has 8 nitrogen and oxygen atoms in total. The van der Waals surface area contributed by atoms with E-state index in [1.54, 1.807) is 0 Å². The molecule has 2 N–H and O–H groups in total. The van der Waals surface area contributed by atoms with Gasteiger partial charge in [0.25, 0.3) is 11.8 Å². The molecule has 2 aromatic heterocycles. The number of halogens is 6. The van der Waals surface area contributed by atoms with Crippen molar-refractivity contribution in [3.63, 3.8) is 0 Å². The van der Waals surface area contributed by atoms with Gasteiger partial charge in [-0.05, 0) is 73.5 Å². The third-order valence-electron chi connectivity index (χ3n) is 7.68. The molecule has 254 valence electrons. The van der Waals surface area contributed by atoms with Gasteiger partial charge in [-0.25, -0.2) is 17.6 Å². The fourth-order valence-electron chi connectivity index (χ4n) is 5.30. The van der Waals surface area contributed by atoms with Gasteiger partial charge < -0.3 is 19.5 Å². The van der Waals surface area contributed by atoms with Crippen LogP contribution in [0.5, 0.6) is 0 Å². The van der Waals surface area contributed by atoms with Gasteiger partial charge in [-0.3, -0.25) is 19.2 Å². The first-order valence-corrected chi connectivity index (χ1v) is 15.7. The summed E-state index contributed by atoms with van der Waals surface area (Å²) in [6.45, 7) is -0.0625. The third kappa shape index (κ3) is 6.85. The maximum atomic E-state index is 14.8. The summed E-state index contributed by atoms with van der Waals surface area (Å²) in [6, 6.07) is 13.1. The van der Waals surface area contributed by atoms with E-state index in [0.29, 0.717) is 0 Å². The van der Waals surface area contributed by atoms with Gasteiger partial charge in [0.15, 0.2) is 11.5 Å². The molecule has 2 amide bonds. The normalized spacial score (nSPS) is 11.2. The van der Waals surface area contributed by atoms with E-state index in [1.807, 2.05) is 0 Å². The molecule has 4 aromatic carbocycles. The summed E-state index contributed by atoms with van der Waals surface area (Å²) in [5.41, 5.74) is -3.69. The number of hydrogen-bond acceptors (Lipinski definition) is 6. The summed E-state index contributed by atoms with van der Waals surface area (Å²) in [4.78, 5) is 53.4. The summed E-state index contributed by atoms with van der Waals surface area (Å²) >= 11 is 12.0. The molecular weight excluding hydrogens is 703 g/mol. The van der Waals surface area contributed by atoms with Crippen LogP contribution in [0.15, 0.2) is 91.2 Å². The predicted molar refractivity (Wildman–Crippen MR) is 180 cm³/mol. The van der Waals surface area contributed by atoms with Gasteiger partial charge in [0.1, 0.15) is 45.6 Å². The highest BCUT2D eigenvalue weighted by atomic mass is 35.5. The molecule has 50 heavy (non-hydrogen) atoms. The van der Waals surface area contributed by atoms with Crippen LogP contribution in [0.1, 0.15) is 33.6 Å². The van der Waals surface area contributed by atoms with Crippen LogP contribution in [-0.2, 0) is 0 Å². The van der Waals surface area contributed by atoms with Crippen molar-refractivity contribution in [2.24, 2.45) is 0 Å². The van der Waals surface area contributed by atoms with Crippen LogP contribution in [0.2, 0.25) is 10.0 Å². The quantitative estimate of drug-likeness (QED) is 0.115. The van der Waals surface area contributed by atoms with Gasteiger partial charge in [-0.1, -0.05) is 23.2 Å². The lowest BCUT2D eigenvalue weighted by Gasteiger charge is -2.13. The van der Waals surface area contributed by atoms with Gasteiger partial charge in [0.05, 0.1) is 21.9 Å². The lowest BCUT2D eigenvalue weighted by atomic mass is 10.0. The summed E-state index contributed by atoms with van der Waals surface area (Å²) < 4.78 is 69.2. The smallest absolute Gasteiger partial charge is 0.259 e. The van der Waals surface area contributed by atoms with E-state index in [2.05, 4.69) is 10.6 Å². The predicted octanol–water partition coefficient (Wildman–Crippen LogP) is 8.04. The Morgan fingerprint density at radius 2 is 0.980 bits per heavy atom. The van der Waals surface area contributed by atoms with E-state index < -0.39 is 79.7 Å². The van der Waals surface area contributed by atoms with Crippen molar-refractivity contribution >= 4 is 57.0 Å². The molecule has 2 heterocycles. The van der Waals surface area contributed by atoms with E-state index in [9.17, 15) is 36.7 Å². The van der Waals surface area contributed by atoms with Crippen LogP contribution >= 0.6 is 23.2 Å². The van der Waals surface area contributed by atoms with Crippen LogP contribution in [0.25, 0.3) is 44.6 Å². The molecule has 0 saturated heterocycles. The average Bonchev–Trinajstić information content (AvgIpc) is 3.07. The Bertz CT molecular complexity index is 2290. The molecule has 0 aliphatic carbocycles. The number of hydrogen-bond donors (Lipinski definition) is 2. The molecule has 0 bridgehead atoms. The highest BCUT2D eigenvalue weighted by Crippen LogP contribution is 2.31. The maximum absolute atomic E-state index is 14.8. The van der Waals surface area contributed by atoms with Crippen molar-refractivity contribution in [1.82, 2.24) is 10.6 Å². The standard InChI is InChI=1S/C36H22Cl2F4N2O6/c37-17-3-7-21-27(13-17)49-33(23-15-19(39)5-9-25(23)41)29(31(21)45)35(47)43-11-1-2-12-44-36(48)30-32(46)22-8-4-18(38)14-28(22)50-34(30)24-16-20(40)6-10-26(24)42/h3-10,13-16H,1-2,11-12H2,(H,43,47)(H,44,48). The number of unbranched alkanes of at least 4 members (excludes halogenated alkanes) is 1. The summed E-state index contributed by atoms with van der Waals surface area (Å²) in [5.74, 6) is -6.36. The second-order valence-corrected chi connectivity index (χ2v) is 11.9. The minimum atomic E-state index is -0.937. The highest BCUT2D eigenvalue weighted by Gasteiger charge is 2.26. The number of benzene rings is 4.